The Morgan fingerprint density at radius 2 is 1.84 bits per heavy atom. The van der Waals surface area contributed by atoms with Crippen LogP contribution in [0.4, 0.5) is 10.5 Å². The van der Waals surface area contributed by atoms with Gasteiger partial charge in [-0.25, -0.2) is 4.79 Å². The van der Waals surface area contributed by atoms with Gasteiger partial charge in [-0.1, -0.05) is 5.57 Å². The number of methoxy groups -OCH3 is 1. The first-order valence-corrected chi connectivity index (χ1v) is 8.32. The Bertz CT molecular complexity index is 829. The lowest BCUT2D eigenvalue weighted by Gasteiger charge is -2.16. The topological polar surface area (TPSA) is 55.3 Å². The van der Waals surface area contributed by atoms with Gasteiger partial charge in [-0.05, 0) is 68.7 Å². The summed E-state index contributed by atoms with van der Waals surface area (Å²) in [6.07, 6.45) is 7.88. The van der Waals surface area contributed by atoms with Crippen LogP contribution in [0.25, 0.3) is 5.69 Å². The third kappa shape index (κ3) is 4.12. The number of carbonyl (C=O) groups is 1. The number of rotatable bonds is 4. The van der Waals surface area contributed by atoms with Crippen LogP contribution in [0.3, 0.4) is 0 Å². The smallest absolute Gasteiger partial charge is 0.323 e. The second kappa shape index (κ2) is 7.30. The van der Waals surface area contributed by atoms with E-state index >= 15 is 0 Å². The molecule has 130 valence electrons. The van der Waals surface area contributed by atoms with E-state index in [1.54, 1.807) is 7.11 Å². The summed E-state index contributed by atoms with van der Waals surface area (Å²) in [6.45, 7) is 4.14. The van der Waals surface area contributed by atoms with Crippen molar-refractivity contribution in [3.63, 3.8) is 0 Å². The number of nitrogens with one attached hydrogen (secondary N) is 2. The van der Waals surface area contributed by atoms with E-state index in [0.29, 0.717) is 0 Å². The number of aromatic nitrogens is 1. The van der Waals surface area contributed by atoms with Gasteiger partial charge in [-0.3, -0.25) is 0 Å². The van der Waals surface area contributed by atoms with E-state index in [2.05, 4.69) is 24.5 Å². The van der Waals surface area contributed by atoms with Gasteiger partial charge in [0.2, 0.25) is 0 Å². The Balaban J connectivity index is 1.65. The summed E-state index contributed by atoms with van der Waals surface area (Å²) >= 11 is 0. The van der Waals surface area contributed by atoms with Crippen LogP contribution in [0.1, 0.15) is 26.7 Å². The quantitative estimate of drug-likeness (QED) is 0.855. The molecule has 5 heteroatoms. The molecule has 0 aliphatic heterocycles. The molecule has 0 radical (unpaired) electrons. The molecule has 0 spiro atoms. The molecule has 0 atom stereocenters. The number of ether oxygens (including phenoxy) is 1. The zero-order valence-electron chi connectivity index (χ0n) is 14.8. The normalized spacial score (nSPS) is 14.1. The van der Waals surface area contributed by atoms with E-state index in [4.69, 9.17) is 4.74 Å². The van der Waals surface area contributed by atoms with E-state index in [1.807, 2.05) is 53.4 Å². The average molecular weight is 337 g/mol. The van der Waals surface area contributed by atoms with Gasteiger partial charge in [0, 0.05) is 23.8 Å². The molecule has 1 aliphatic rings. The van der Waals surface area contributed by atoms with Crippen molar-refractivity contribution >= 4 is 11.7 Å². The van der Waals surface area contributed by atoms with Crippen LogP contribution in [0, 0.1) is 0 Å². The predicted molar refractivity (Wildman–Crippen MR) is 100 cm³/mol. The average Bonchev–Trinajstić information content (AvgIpc) is 3.06. The lowest BCUT2D eigenvalue weighted by Crippen LogP contribution is -2.28. The third-order valence-corrected chi connectivity index (χ3v) is 4.31. The SMILES string of the molecule is COc1ccc(-n2ccc(NC(=O)NC3=C(C)CCC(C)=C3)c2)cc1. The molecule has 1 aromatic carbocycles. The highest BCUT2D eigenvalue weighted by Crippen LogP contribution is 2.22. The van der Waals surface area contributed by atoms with Crippen LogP contribution in [0.15, 0.2) is 65.6 Å². The van der Waals surface area contributed by atoms with Crippen LogP contribution in [0.2, 0.25) is 0 Å². The van der Waals surface area contributed by atoms with E-state index in [0.717, 1.165) is 35.7 Å². The van der Waals surface area contributed by atoms with Crippen molar-refractivity contribution in [3.8, 4) is 11.4 Å². The third-order valence-electron chi connectivity index (χ3n) is 4.31. The second-order valence-corrected chi connectivity index (χ2v) is 6.27. The molecule has 2 aromatic rings. The fourth-order valence-corrected chi connectivity index (χ4v) is 2.77. The molecule has 1 aromatic heterocycles. The Morgan fingerprint density at radius 1 is 1.08 bits per heavy atom. The second-order valence-electron chi connectivity index (χ2n) is 6.27. The van der Waals surface area contributed by atoms with Crippen molar-refractivity contribution in [1.82, 2.24) is 9.88 Å². The van der Waals surface area contributed by atoms with Crippen LogP contribution in [0.5, 0.6) is 5.75 Å². The number of benzene rings is 1. The highest BCUT2D eigenvalue weighted by atomic mass is 16.5. The molecule has 1 heterocycles. The molecule has 2 amide bonds. The van der Waals surface area contributed by atoms with Crippen molar-refractivity contribution in [2.24, 2.45) is 0 Å². The first kappa shape index (κ1) is 16.9. The van der Waals surface area contributed by atoms with E-state index < -0.39 is 0 Å². The van der Waals surface area contributed by atoms with Gasteiger partial charge in [-0.2, -0.15) is 0 Å². The van der Waals surface area contributed by atoms with Gasteiger partial charge in [0.1, 0.15) is 5.75 Å². The lowest BCUT2D eigenvalue weighted by molar-refractivity contribution is 0.254. The lowest BCUT2D eigenvalue weighted by atomic mass is 9.98. The Hall–Kier alpha value is -2.95. The molecule has 25 heavy (non-hydrogen) atoms. The fraction of sp³-hybridized carbons (Fsp3) is 0.250. The van der Waals surface area contributed by atoms with Crippen molar-refractivity contribution in [3.05, 3.63) is 65.6 Å². The number of nitrogens with zero attached hydrogens (tertiary/aromatic N) is 1. The van der Waals surface area contributed by atoms with Crippen molar-refractivity contribution in [2.75, 3.05) is 12.4 Å². The van der Waals surface area contributed by atoms with E-state index in [9.17, 15) is 4.79 Å². The van der Waals surface area contributed by atoms with Crippen LogP contribution >= 0.6 is 0 Å². The summed E-state index contributed by atoms with van der Waals surface area (Å²) in [5, 5.41) is 5.82. The summed E-state index contributed by atoms with van der Waals surface area (Å²) in [5.41, 5.74) is 5.13. The Labute approximate surface area is 148 Å². The molecule has 3 rings (SSSR count). The fourth-order valence-electron chi connectivity index (χ4n) is 2.77. The first-order chi connectivity index (χ1) is 12.0. The minimum Gasteiger partial charge on any atom is -0.497 e. The van der Waals surface area contributed by atoms with Crippen molar-refractivity contribution in [1.29, 1.82) is 0 Å². The standard InChI is InChI=1S/C20H23N3O2/c1-14-4-5-15(2)19(12-14)22-20(24)21-16-10-11-23(13-16)17-6-8-18(25-3)9-7-17/h6-13H,4-5H2,1-3H3,(H2,21,22,24). The van der Waals surface area contributed by atoms with Crippen molar-refractivity contribution in [2.45, 2.75) is 26.7 Å². The zero-order chi connectivity index (χ0) is 17.8. The number of urea groups is 1. The molecular weight excluding hydrogens is 314 g/mol. The van der Waals surface area contributed by atoms with E-state index in [-0.39, 0.29) is 6.03 Å². The molecular formula is C20H23N3O2. The molecule has 2 N–H and O–H groups in total. The maximum Gasteiger partial charge on any atom is 0.323 e. The predicted octanol–water partition coefficient (Wildman–Crippen LogP) is 4.62. The first-order valence-electron chi connectivity index (χ1n) is 8.32. The molecule has 0 unspecified atom stereocenters. The summed E-state index contributed by atoms with van der Waals surface area (Å²) < 4.78 is 7.12. The van der Waals surface area contributed by atoms with Crippen molar-refractivity contribution < 1.29 is 9.53 Å². The zero-order valence-corrected chi connectivity index (χ0v) is 14.8. The molecule has 0 bridgehead atoms. The summed E-state index contributed by atoms with van der Waals surface area (Å²) in [5.74, 6) is 0.813. The number of hydrogen-bond donors (Lipinski definition) is 2. The maximum atomic E-state index is 12.3. The Morgan fingerprint density at radius 3 is 2.56 bits per heavy atom. The van der Waals surface area contributed by atoms with Gasteiger partial charge < -0.3 is 19.9 Å². The number of allylic oxidation sites excluding steroid dienone is 3. The van der Waals surface area contributed by atoms with Gasteiger partial charge in [0.25, 0.3) is 0 Å². The minimum atomic E-state index is -0.229. The van der Waals surface area contributed by atoms with Crippen LogP contribution < -0.4 is 15.4 Å². The maximum absolute atomic E-state index is 12.3. The van der Waals surface area contributed by atoms with Gasteiger partial charge in [0.05, 0.1) is 12.8 Å². The van der Waals surface area contributed by atoms with E-state index in [1.165, 1.54) is 11.1 Å². The number of amides is 2. The molecule has 1 aliphatic carbocycles. The number of hydrogen-bond acceptors (Lipinski definition) is 2. The molecule has 5 nitrogen and oxygen atoms in total. The van der Waals surface area contributed by atoms with Crippen LogP contribution in [-0.4, -0.2) is 17.7 Å². The summed E-state index contributed by atoms with van der Waals surface area (Å²) in [7, 11) is 1.64. The monoisotopic (exact) mass is 337 g/mol. The summed E-state index contributed by atoms with van der Waals surface area (Å²) in [6, 6.07) is 9.38. The summed E-state index contributed by atoms with van der Waals surface area (Å²) in [4.78, 5) is 12.3. The van der Waals surface area contributed by atoms with Gasteiger partial charge in [0.15, 0.2) is 0 Å². The number of anilines is 1. The number of carbonyl (C=O) groups excluding carboxylic acids is 1. The van der Waals surface area contributed by atoms with Crippen LogP contribution in [-0.2, 0) is 0 Å². The minimum absolute atomic E-state index is 0.229. The van der Waals surface area contributed by atoms with Gasteiger partial charge in [-0.15, -0.1) is 0 Å². The largest absolute Gasteiger partial charge is 0.497 e. The molecule has 0 saturated carbocycles. The highest BCUT2D eigenvalue weighted by Gasteiger charge is 2.11. The Kier molecular flexibility index (Phi) is 4.93. The molecule has 0 fully saturated rings. The molecule has 0 saturated heterocycles. The van der Waals surface area contributed by atoms with Gasteiger partial charge >= 0.3 is 6.03 Å². The highest BCUT2D eigenvalue weighted by molar-refractivity contribution is 5.90.